The summed E-state index contributed by atoms with van der Waals surface area (Å²) in [6.45, 7) is 2.15. The molecule has 1 saturated heterocycles. The molecule has 0 bridgehead atoms. The zero-order valence-corrected chi connectivity index (χ0v) is 17.0. The molecular weight excluding hydrogens is 395 g/mol. The molecule has 1 aromatic rings. The van der Waals surface area contributed by atoms with Gasteiger partial charge in [-0.1, -0.05) is 12.8 Å². The molecule has 2 aliphatic carbocycles. The molecule has 1 heterocycles. The second kappa shape index (κ2) is 8.57. The first-order valence-electron chi connectivity index (χ1n) is 10.8. The van der Waals surface area contributed by atoms with Gasteiger partial charge in [0.05, 0.1) is 11.6 Å². The molecule has 0 spiro atoms. The topological polar surface area (TPSA) is 52.7 Å². The molecule has 164 valence electrons. The van der Waals surface area contributed by atoms with Gasteiger partial charge in [0.1, 0.15) is 0 Å². The van der Waals surface area contributed by atoms with Gasteiger partial charge in [0.2, 0.25) is 5.91 Å². The minimum Gasteiger partial charge on any atom is -0.352 e. The summed E-state index contributed by atoms with van der Waals surface area (Å²) in [5.74, 6) is 0.219. The van der Waals surface area contributed by atoms with Crippen LogP contribution in [-0.4, -0.2) is 59.9 Å². The first-order valence-corrected chi connectivity index (χ1v) is 10.8. The molecule has 3 aliphatic rings. The highest BCUT2D eigenvalue weighted by atomic mass is 19.4. The van der Waals surface area contributed by atoms with E-state index in [9.17, 15) is 22.8 Å². The van der Waals surface area contributed by atoms with Crippen molar-refractivity contribution in [1.82, 2.24) is 15.1 Å². The molecule has 4 rings (SSSR count). The van der Waals surface area contributed by atoms with E-state index in [1.165, 1.54) is 12.1 Å². The van der Waals surface area contributed by atoms with Gasteiger partial charge >= 0.3 is 6.18 Å². The van der Waals surface area contributed by atoms with E-state index in [-0.39, 0.29) is 23.4 Å². The number of carbonyl (C=O) groups excluding carboxylic acids is 2. The van der Waals surface area contributed by atoms with Crippen molar-refractivity contribution >= 4 is 11.8 Å². The van der Waals surface area contributed by atoms with Crippen molar-refractivity contribution in [3.8, 4) is 0 Å². The van der Waals surface area contributed by atoms with Crippen LogP contribution in [-0.2, 0) is 11.0 Å². The SMILES string of the molecule is O=C(NC1CC1)C(C1CCCC1)N1CCN(C(=O)c2ccc(C(F)(F)F)cc2)CC1. The molecule has 1 aromatic carbocycles. The molecule has 5 nitrogen and oxygen atoms in total. The third-order valence-electron chi connectivity index (χ3n) is 6.49. The molecule has 1 unspecified atom stereocenters. The fraction of sp³-hybridized carbons (Fsp3) is 0.636. The highest BCUT2D eigenvalue weighted by Gasteiger charge is 2.39. The zero-order chi connectivity index (χ0) is 21.3. The second-order valence-corrected chi connectivity index (χ2v) is 8.68. The summed E-state index contributed by atoms with van der Waals surface area (Å²) in [4.78, 5) is 29.5. The average molecular weight is 423 g/mol. The van der Waals surface area contributed by atoms with Crippen molar-refractivity contribution < 1.29 is 22.8 Å². The van der Waals surface area contributed by atoms with Crippen LogP contribution < -0.4 is 5.32 Å². The van der Waals surface area contributed by atoms with Gasteiger partial charge in [-0.3, -0.25) is 14.5 Å². The van der Waals surface area contributed by atoms with Gasteiger partial charge in [-0.25, -0.2) is 0 Å². The Morgan fingerprint density at radius 1 is 0.933 bits per heavy atom. The number of piperazine rings is 1. The molecule has 8 heteroatoms. The van der Waals surface area contributed by atoms with Crippen LogP contribution in [0.3, 0.4) is 0 Å². The van der Waals surface area contributed by atoms with Crippen LogP contribution in [0.4, 0.5) is 13.2 Å². The van der Waals surface area contributed by atoms with Crippen molar-refractivity contribution in [1.29, 1.82) is 0 Å². The Hall–Kier alpha value is -2.09. The maximum Gasteiger partial charge on any atom is 0.416 e. The quantitative estimate of drug-likeness (QED) is 0.791. The second-order valence-electron chi connectivity index (χ2n) is 8.68. The van der Waals surface area contributed by atoms with Gasteiger partial charge in [-0.2, -0.15) is 13.2 Å². The van der Waals surface area contributed by atoms with Crippen LogP contribution in [0.25, 0.3) is 0 Å². The molecule has 0 radical (unpaired) electrons. The fourth-order valence-electron chi connectivity index (χ4n) is 4.65. The monoisotopic (exact) mass is 423 g/mol. The van der Waals surface area contributed by atoms with Crippen molar-refractivity contribution in [2.45, 2.75) is 56.8 Å². The molecule has 1 aliphatic heterocycles. The Morgan fingerprint density at radius 2 is 1.53 bits per heavy atom. The van der Waals surface area contributed by atoms with E-state index in [1.807, 2.05) is 0 Å². The van der Waals surface area contributed by atoms with Crippen LogP contribution in [0, 0.1) is 5.92 Å². The number of hydrogen-bond donors (Lipinski definition) is 1. The number of amides is 2. The van der Waals surface area contributed by atoms with Crippen molar-refractivity contribution in [3.63, 3.8) is 0 Å². The number of rotatable bonds is 5. The maximum atomic E-state index is 12.9. The molecule has 0 aromatic heterocycles. The molecule has 30 heavy (non-hydrogen) atoms. The minimum absolute atomic E-state index is 0.118. The molecule has 2 saturated carbocycles. The molecule has 3 fully saturated rings. The van der Waals surface area contributed by atoms with Crippen molar-refractivity contribution in [3.05, 3.63) is 35.4 Å². The van der Waals surface area contributed by atoms with E-state index in [0.717, 1.165) is 50.7 Å². The van der Waals surface area contributed by atoms with E-state index >= 15 is 0 Å². The summed E-state index contributed by atoms with van der Waals surface area (Å²) < 4.78 is 38.2. The Labute approximate surface area is 174 Å². The van der Waals surface area contributed by atoms with Crippen LogP contribution in [0.2, 0.25) is 0 Å². The van der Waals surface area contributed by atoms with Gasteiger partial charge in [-0.05, 0) is 55.9 Å². The standard InChI is InChI=1S/C22H28F3N3O2/c23-22(24,25)17-7-5-16(6-8-17)21(30)28-13-11-27(12-14-28)19(15-3-1-2-4-15)20(29)26-18-9-10-18/h5-8,15,18-19H,1-4,9-14H2,(H,26,29). The predicted molar refractivity (Wildman–Crippen MR) is 106 cm³/mol. The third-order valence-corrected chi connectivity index (χ3v) is 6.49. The van der Waals surface area contributed by atoms with E-state index in [4.69, 9.17) is 0 Å². The number of halogens is 3. The zero-order valence-electron chi connectivity index (χ0n) is 17.0. The lowest BCUT2D eigenvalue weighted by Gasteiger charge is -2.40. The largest absolute Gasteiger partial charge is 0.416 e. The van der Waals surface area contributed by atoms with Crippen LogP contribution in [0.15, 0.2) is 24.3 Å². The van der Waals surface area contributed by atoms with Crippen LogP contribution in [0.1, 0.15) is 54.4 Å². The number of benzene rings is 1. The van der Waals surface area contributed by atoms with Crippen LogP contribution >= 0.6 is 0 Å². The van der Waals surface area contributed by atoms with Gasteiger partial charge in [0.15, 0.2) is 0 Å². The Bertz CT molecular complexity index is 763. The number of hydrogen-bond acceptors (Lipinski definition) is 3. The van der Waals surface area contributed by atoms with Crippen molar-refractivity contribution in [2.24, 2.45) is 5.92 Å². The van der Waals surface area contributed by atoms with Gasteiger partial charge in [0, 0.05) is 37.8 Å². The normalized spacial score (nSPS) is 22.2. The first-order chi connectivity index (χ1) is 14.3. The van der Waals surface area contributed by atoms with Crippen LogP contribution in [0.5, 0.6) is 0 Å². The highest BCUT2D eigenvalue weighted by Crippen LogP contribution is 2.32. The molecule has 1 atom stereocenters. The van der Waals surface area contributed by atoms with E-state index in [1.54, 1.807) is 4.90 Å². The Morgan fingerprint density at radius 3 is 2.07 bits per heavy atom. The number of alkyl halides is 3. The molecular formula is C22H28F3N3O2. The number of carbonyl (C=O) groups is 2. The summed E-state index contributed by atoms with van der Waals surface area (Å²) in [7, 11) is 0. The maximum absolute atomic E-state index is 12.9. The van der Waals surface area contributed by atoms with Gasteiger partial charge in [-0.15, -0.1) is 0 Å². The average Bonchev–Trinajstić information content (AvgIpc) is 3.38. The molecule has 2 amide bonds. The smallest absolute Gasteiger partial charge is 0.352 e. The third kappa shape index (κ3) is 4.79. The Kier molecular flexibility index (Phi) is 6.04. The molecule has 1 N–H and O–H groups in total. The summed E-state index contributed by atoms with van der Waals surface area (Å²) in [6.07, 6.45) is 2.13. The lowest BCUT2D eigenvalue weighted by molar-refractivity contribution is -0.137. The van der Waals surface area contributed by atoms with E-state index in [0.29, 0.717) is 38.1 Å². The summed E-state index contributed by atoms with van der Waals surface area (Å²) in [5.41, 5.74) is -0.500. The van der Waals surface area contributed by atoms with Gasteiger partial charge in [0.25, 0.3) is 5.91 Å². The lowest BCUT2D eigenvalue weighted by Crippen LogP contribution is -2.58. The number of nitrogens with one attached hydrogen (secondary N) is 1. The first kappa shape index (κ1) is 21.2. The highest BCUT2D eigenvalue weighted by molar-refractivity contribution is 5.94. The summed E-state index contributed by atoms with van der Waals surface area (Å²) >= 11 is 0. The lowest BCUT2D eigenvalue weighted by atomic mass is 9.95. The Balaban J connectivity index is 1.37. The number of nitrogens with zero attached hydrogens (tertiary/aromatic N) is 2. The predicted octanol–water partition coefficient (Wildman–Crippen LogP) is 3.30. The minimum atomic E-state index is -4.41. The summed E-state index contributed by atoms with van der Waals surface area (Å²) in [5, 5.41) is 3.15. The van der Waals surface area contributed by atoms with E-state index in [2.05, 4.69) is 10.2 Å². The summed E-state index contributed by atoms with van der Waals surface area (Å²) in [6, 6.07) is 4.55. The fourth-order valence-corrected chi connectivity index (χ4v) is 4.65. The van der Waals surface area contributed by atoms with Gasteiger partial charge < -0.3 is 10.2 Å². The van der Waals surface area contributed by atoms with Crippen molar-refractivity contribution in [2.75, 3.05) is 26.2 Å². The van der Waals surface area contributed by atoms with E-state index < -0.39 is 11.7 Å².